The fraction of sp³-hybridized carbons (Fsp3) is 0.167. The molecule has 1 unspecified atom stereocenters. The number of hydrogen-bond donors (Lipinski definition) is 0. The Hall–Kier alpha value is -3.42. The van der Waals surface area contributed by atoms with Gasteiger partial charge in [-0.2, -0.15) is 5.10 Å². The summed E-state index contributed by atoms with van der Waals surface area (Å²) in [5.74, 6) is 0.00280. The fourth-order valence-corrected chi connectivity index (χ4v) is 3.56. The first kappa shape index (κ1) is 22.8. The molecule has 9 heteroatoms. The molecule has 1 atom stereocenters. The van der Waals surface area contributed by atoms with Gasteiger partial charge in [-0.25, -0.2) is 9.48 Å². The van der Waals surface area contributed by atoms with Crippen LogP contribution in [0.4, 0.5) is 0 Å². The molecule has 0 aliphatic carbocycles. The molecule has 0 spiro atoms. The molecule has 0 amide bonds. The van der Waals surface area contributed by atoms with E-state index >= 15 is 0 Å². The summed E-state index contributed by atoms with van der Waals surface area (Å²) in [6.07, 6.45) is 2.17. The lowest BCUT2D eigenvalue weighted by Crippen LogP contribution is -2.06. The minimum absolute atomic E-state index is 0.209. The lowest BCUT2D eigenvalue weighted by Gasteiger charge is -2.06. The molecule has 0 bridgehead atoms. The number of hydrogen-bond acceptors (Lipinski definition) is 6. The van der Waals surface area contributed by atoms with Crippen LogP contribution in [0, 0.1) is 6.92 Å². The van der Waals surface area contributed by atoms with E-state index in [1.165, 1.54) is 6.08 Å². The van der Waals surface area contributed by atoms with Gasteiger partial charge in [0.25, 0.3) is 5.89 Å². The molecule has 4 rings (SSSR count). The number of rotatable bonds is 7. The maximum absolute atomic E-state index is 12.3. The number of benzene rings is 2. The minimum Gasteiger partial charge on any atom is -0.449 e. The standard InChI is InChI=1S/C24H20Cl2N4O3/c1-15-20(22(26)30(29-15)14-17-8-10-19(25)11-9-17)12-13-21(31)32-16(2)23-27-28-24(33-23)18-6-4-3-5-7-18/h3-13,16H,14H2,1-2H3/b13-12+. The van der Waals surface area contributed by atoms with Gasteiger partial charge >= 0.3 is 5.97 Å². The van der Waals surface area contributed by atoms with Crippen molar-refractivity contribution in [1.82, 2.24) is 20.0 Å². The Morgan fingerprint density at radius 1 is 1.12 bits per heavy atom. The number of ether oxygens (including phenoxy) is 1. The quantitative estimate of drug-likeness (QED) is 0.240. The third-order valence-corrected chi connectivity index (χ3v) is 5.49. The average molecular weight is 483 g/mol. The largest absolute Gasteiger partial charge is 0.449 e. The van der Waals surface area contributed by atoms with Crippen LogP contribution < -0.4 is 0 Å². The molecule has 0 fully saturated rings. The highest BCUT2D eigenvalue weighted by Crippen LogP contribution is 2.24. The van der Waals surface area contributed by atoms with Gasteiger partial charge in [0, 0.05) is 22.2 Å². The Balaban J connectivity index is 1.41. The van der Waals surface area contributed by atoms with Crippen molar-refractivity contribution in [2.45, 2.75) is 26.5 Å². The third-order valence-electron chi connectivity index (χ3n) is 4.84. The zero-order valence-electron chi connectivity index (χ0n) is 17.9. The maximum atomic E-state index is 12.3. The number of aromatic nitrogens is 4. The van der Waals surface area contributed by atoms with Crippen LogP contribution >= 0.6 is 23.2 Å². The van der Waals surface area contributed by atoms with Crippen molar-refractivity contribution in [2.24, 2.45) is 0 Å². The number of nitrogens with zero attached hydrogens (tertiary/aromatic N) is 4. The molecular formula is C24H20Cl2N4O3. The molecular weight excluding hydrogens is 463 g/mol. The minimum atomic E-state index is -0.712. The zero-order valence-corrected chi connectivity index (χ0v) is 19.4. The van der Waals surface area contributed by atoms with Crippen LogP contribution in [0.1, 0.15) is 35.7 Å². The summed E-state index contributed by atoms with van der Waals surface area (Å²) in [6.45, 7) is 3.96. The number of esters is 1. The van der Waals surface area contributed by atoms with Crippen molar-refractivity contribution in [3.63, 3.8) is 0 Å². The molecule has 33 heavy (non-hydrogen) atoms. The molecule has 0 N–H and O–H groups in total. The van der Waals surface area contributed by atoms with Crippen molar-refractivity contribution in [3.8, 4) is 11.5 Å². The van der Waals surface area contributed by atoms with Gasteiger partial charge in [-0.15, -0.1) is 10.2 Å². The van der Waals surface area contributed by atoms with Crippen LogP contribution in [0.2, 0.25) is 10.2 Å². The van der Waals surface area contributed by atoms with E-state index < -0.39 is 12.1 Å². The van der Waals surface area contributed by atoms with Crippen molar-refractivity contribution >= 4 is 35.2 Å². The van der Waals surface area contributed by atoms with E-state index in [0.29, 0.717) is 33.9 Å². The Morgan fingerprint density at radius 3 is 2.58 bits per heavy atom. The summed E-state index contributed by atoms with van der Waals surface area (Å²) in [5, 5.41) is 13.5. The number of carbonyl (C=O) groups is 1. The van der Waals surface area contributed by atoms with E-state index in [2.05, 4.69) is 15.3 Å². The molecule has 2 aromatic carbocycles. The lowest BCUT2D eigenvalue weighted by atomic mass is 10.2. The molecule has 0 aliphatic heterocycles. The molecule has 7 nitrogen and oxygen atoms in total. The van der Waals surface area contributed by atoms with E-state index in [9.17, 15) is 4.79 Å². The SMILES string of the molecule is Cc1nn(Cc2ccc(Cl)cc2)c(Cl)c1/C=C/C(=O)OC(C)c1nnc(-c2ccccc2)o1. The molecule has 0 saturated heterocycles. The Labute approximate surface area is 200 Å². The van der Waals surface area contributed by atoms with Crippen LogP contribution in [-0.2, 0) is 16.1 Å². The summed E-state index contributed by atoms with van der Waals surface area (Å²) in [6, 6.07) is 16.8. The normalized spacial score (nSPS) is 12.2. The van der Waals surface area contributed by atoms with E-state index in [4.69, 9.17) is 32.4 Å². The van der Waals surface area contributed by atoms with E-state index in [1.807, 2.05) is 61.5 Å². The monoisotopic (exact) mass is 482 g/mol. The van der Waals surface area contributed by atoms with Gasteiger partial charge in [0.2, 0.25) is 5.89 Å². The van der Waals surface area contributed by atoms with Crippen LogP contribution in [-0.4, -0.2) is 25.9 Å². The van der Waals surface area contributed by atoms with Crippen molar-refractivity contribution in [2.75, 3.05) is 0 Å². The molecule has 4 aromatic rings. The summed E-state index contributed by atoms with van der Waals surface area (Å²) in [4.78, 5) is 12.3. The second kappa shape index (κ2) is 10.0. The van der Waals surface area contributed by atoms with E-state index in [1.54, 1.807) is 17.7 Å². The van der Waals surface area contributed by atoms with Gasteiger partial charge in [0.05, 0.1) is 12.2 Å². The van der Waals surface area contributed by atoms with Gasteiger partial charge in [-0.05, 0) is 49.8 Å². The van der Waals surface area contributed by atoms with Crippen molar-refractivity contribution < 1.29 is 13.9 Å². The van der Waals surface area contributed by atoms with Gasteiger partial charge in [0.1, 0.15) is 5.15 Å². The Morgan fingerprint density at radius 2 is 1.85 bits per heavy atom. The molecule has 2 heterocycles. The predicted octanol–water partition coefficient (Wildman–Crippen LogP) is 5.91. The molecule has 2 aromatic heterocycles. The third kappa shape index (κ3) is 5.50. The van der Waals surface area contributed by atoms with Crippen molar-refractivity contribution in [3.05, 3.63) is 93.6 Å². The van der Waals surface area contributed by atoms with Crippen LogP contribution in [0.15, 0.2) is 65.1 Å². The van der Waals surface area contributed by atoms with Crippen LogP contribution in [0.3, 0.4) is 0 Å². The summed E-state index contributed by atoms with van der Waals surface area (Å²) in [5.41, 5.74) is 3.12. The Bertz CT molecular complexity index is 1280. The average Bonchev–Trinajstić information content (AvgIpc) is 3.40. The highest BCUT2D eigenvalue weighted by Gasteiger charge is 2.18. The van der Waals surface area contributed by atoms with Crippen molar-refractivity contribution in [1.29, 1.82) is 0 Å². The van der Waals surface area contributed by atoms with Crippen LogP contribution in [0.5, 0.6) is 0 Å². The Kier molecular flexibility index (Phi) is 6.91. The molecule has 168 valence electrons. The second-order valence-electron chi connectivity index (χ2n) is 7.30. The van der Waals surface area contributed by atoms with Crippen LogP contribution in [0.25, 0.3) is 17.5 Å². The summed E-state index contributed by atoms with van der Waals surface area (Å²) in [7, 11) is 0. The number of halogens is 2. The first-order valence-corrected chi connectivity index (χ1v) is 10.9. The molecule has 0 saturated carbocycles. The maximum Gasteiger partial charge on any atom is 0.331 e. The summed E-state index contributed by atoms with van der Waals surface area (Å²) < 4.78 is 12.7. The number of aryl methyl sites for hydroxylation is 1. The fourth-order valence-electron chi connectivity index (χ4n) is 3.14. The lowest BCUT2D eigenvalue weighted by molar-refractivity contribution is -0.143. The van der Waals surface area contributed by atoms with Gasteiger partial charge in [-0.1, -0.05) is 53.5 Å². The second-order valence-corrected chi connectivity index (χ2v) is 8.09. The molecule has 0 radical (unpaired) electrons. The highest BCUT2D eigenvalue weighted by atomic mass is 35.5. The van der Waals surface area contributed by atoms with E-state index in [0.717, 1.165) is 11.1 Å². The zero-order chi connectivity index (χ0) is 23.4. The predicted molar refractivity (Wildman–Crippen MR) is 126 cm³/mol. The van der Waals surface area contributed by atoms with Gasteiger partial charge < -0.3 is 9.15 Å². The first-order valence-electron chi connectivity index (χ1n) is 10.2. The highest BCUT2D eigenvalue weighted by molar-refractivity contribution is 6.31. The first-order chi connectivity index (χ1) is 15.9. The van der Waals surface area contributed by atoms with Gasteiger partial charge in [0.15, 0.2) is 6.10 Å². The van der Waals surface area contributed by atoms with Gasteiger partial charge in [-0.3, -0.25) is 0 Å². The molecule has 0 aliphatic rings. The van der Waals surface area contributed by atoms with E-state index in [-0.39, 0.29) is 5.89 Å². The summed E-state index contributed by atoms with van der Waals surface area (Å²) >= 11 is 12.4. The topological polar surface area (TPSA) is 83.0 Å². The smallest absolute Gasteiger partial charge is 0.331 e. The number of carbonyl (C=O) groups excluding carboxylic acids is 1.